The highest BCUT2D eigenvalue weighted by Crippen LogP contribution is 2.52. The molecule has 0 amide bonds. The molecular formula is C70H47N7S2. The van der Waals surface area contributed by atoms with Gasteiger partial charge in [-0.05, 0) is 130 Å². The van der Waals surface area contributed by atoms with E-state index in [9.17, 15) is 0 Å². The van der Waals surface area contributed by atoms with E-state index in [1.54, 1.807) is 0 Å². The van der Waals surface area contributed by atoms with Crippen LogP contribution in [0.5, 0.6) is 0 Å². The average Bonchev–Trinajstić information content (AvgIpc) is 3.59. The van der Waals surface area contributed by atoms with Gasteiger partial charge in [0.25, 0.3) is 0 Å². The number of thiophene rings is 2. The summed E-state index contributed by atoms with van der Waals surface area (Å²) in [5.41, 5.74) is 18.4. The summed E-state index contributed by atoms with van der Waals surface area (Å²) >= 11 is 3.68. The molecule has 0 fully saturated rings. The number of nitrogens with zero attached hydrogens (tertiary/aromatic N) is 7. The van der Waals surface area contributed by atoms with Gasteiger partial charge in [0.05, 0.1) is 22.4 Å². The minimum atomic E-state index is -0.197. The van der Waals surface area contributed by atoms with E-state index in [0.29, 0.717) is 17.6 Å². The van der Waals surface area contributed by atoms with E-state index >= 15 is 0 Å². The van der Waals surface area contributed by atoms with Crippen LogP contribution < -0.4 is 4.90 Å². The highest BCUT2D eigenvalue weighted by Gasteiger charge is 2.36. The van der Waals surface area contributed by atoms with Gasteiger partial charge in [-0.1, -0.05) is 153 Å². The number of anilines is 3. The van der Waals surface area contributed by atoms with Crippen LogP contribution in [0, 0.1) is 0 Å². The first-order chi connectivity index (χ1) is 38.9. The average molecular weight is 1050 g/mol. The van der Waals surface area contributed by atoms with Gasteiger partial charge >= 0.3 is 0 Å². The Kier molecular flexibility index (Phi) is 11.1. The van der Waals surface area contributed by atoms with Gasteiger partial charge in [0.2, 0.25) is 5.95 Å². The molecule has 0 N–H and O–H groups in total. The van der Waals surface area contributed by atoms with Gasteiger partial charge < -0.3 is 4.90 Å². The number of hydrogen-bond acceptors (Lipinski definition) is 8. The maximum Gasteiger partial charge on any atom is 0.238 e. The van der Waals surface area contributed by atoms with Gasteiger partial charge in [0.15, 0.2) is 11.6 Å². The van der Waals surface area contributed by atoms with E-state index in [1.165, 1.54) is 47.0 Å². The third-order valence-corrected chi connectivity index (χ3v) is 17.8. The van der Waals surface area contributed by atoms with Crippen molar-refractivity contribution in [3.05, 3.63) is 260 Å². The normalized spacial score (nSPS) is 12.5. The van der Waals surface area contributed by atoms with E-state index in [1.807, 2.05) is 95.7 Å². The second-order valence-electron chi connectivity index (χ2n) is 20.5. The molecule has 14 aromatic rings. The molecule has 374 valence electrons. The minimum Gasteiger partial charge on any atom is -0.310 e. The Hall–Kier alpha value is -9.67. The zero-order chi connectivity index (χ0) is 52.6. The summed E-state index contributed by atoms with van der Waals surface area (Å²) in [5, 5.41) is 2.31. The summed E-state index contributed by atoms with van der Waals surface area (Å²) in [7, 11) is 0. The molecule has 0 bridgehead atoms. The standard InChI is InChI=1S/C70H47N7S2/c1-70(2)57-29-10-9-28-53(57)54-40-56-55-39-49(32-33-61(55)77(62(56)41-58(54)70)69-74-67(44-18-5-3-6-19-44)73-68(75-69)45-20-7-4-8-21-45)64-43-66-65(79-64)42-63(78-66)48-24-17-27-52(38-48)76(50-25-15-22-46(36-50)59-30-11-13-34-71-59)51-26-16-23-47(37-51)60-31-12-14-35-72-60/h3-43H,1-2H3. The molecular weight excluding hydrogens is 1000 g/mol. The molecule has 15 rings (SSSR count). The van der Waals surface area contributed by atoms with Crippen molar-refractivity contribution in [3.63, 3.8) is 0 Å². The van der Waals surface area contributed by atoms with Crippen LogP contribution in [0.1, 0.15) is 25.0 Å². The molecule has 1 aliphatic carbocycles. The van der Waals surface area contributed by atoms with Crippen LogP contribution in [-0.4, -0.2) is 29.5 Å². The lowest BCUT2D eigenvalue weighted by molar-refractivity contribution is 0.661. The van der Waals surface area contributed by atoms with Crippen molar-refractivity contribution >= 4 is 70.9 Å². The fourth-order valence-electron chi connectivity index (χ4n) is 11.5. The first-order valence-electron chi connectivity index (χ1n) is 26.5. The van der Waals surface area contributed by atoms with E-state index in [4.69, 9.17) is 24.9 Å². The zero-order valence-corrected chi connectivity index (χ0v) is 44.8. The summed E-state index contributed by atoms with van der Waals surface area (Å²) < 4.78 is 4.78. The van der Waals surface area contributed by atoms with E-state index in [-0.39, 0.29) is 5.41 Å². The first kappa shape index (κ1) is 46.6. The van der Waals surface area contributed by atoms with Gasteiger partial charge in [-0.15, -0.1) is 22.7 Å². The molecule has 0 aliphatic heterocycles. The van der Waals surface area contributed by atoms with E-state index in [2.05, 4.69) is 199 Å². The number of hydrogen-bond donors (Lipinski definition) is 0. The van der Waals surface area contributed by atoms with E-state index < -0.39 is 0 Å². The molecule has 8 aromatic carbocycles. The number of aromatic nitrogens is 6. The van der Waals surface area contributed by atoms with Crippen molar-refractivity contribution in [1.29, 1.82) is 0 Å². The predicted octanol–water partition coefficient (Wildman–Crippen LogP) is 18.8. The number of fused-ring (bicyclic) bond motifs is 7. The Bertz CT molecular complexity index is 4470. The molecule has 0 saturated carbocycles. The highest BCUT2D eigenvalue weighted by atomic mass is 32.1. The highest BCUT2D eigenvalue weighted by molar-refractivity contribution is 7.31. The second-order valence-corrected chi connectivity index (χ2v) is 22.7. The maximum absolute atomic E-state index is 5.29. The van der Waals surface area contributed by atoms with Crippen LogP contribution in [0.2, 0.25) is 0 Å². The number of rotatable bonds is 10. The first-order valence-corrected chi connectivity index (χ1v) is 28.1. The maximum atomic E-state index is 5.29. The molecule has 0 spiro atoms. The fraction of sp³-hybridized carbons (Fsp3) is 0.0429. The van der Waals surface area contributed by atoms with Crippen molar-refractivity contribution < 1.29 is 0 Å². The Labute approximate surface area is 465 Å². The van der Waals surface area contributed by atoms with Crippen LogP contribution in [0.3, 0.4) is 0 Å². The largest absolute Gasteiger partial charge is 0.310 e. The van der Waals surface area contributed by atoms with Crippen molar-refractivity contribution in [2.24, 2.45) is 0 Å². The molecule has 7 nitrogen and oxygen atoms in total. The topological polar surface area (TPSA) is 72.6 Å². The molecule has 0 atom stereocenters. The molecule has 0 radical (unpaired) electrons. The lowest BCUT2D eigenvalue weighted by atomic mass is 9.82. The number of pyridine rings is 2. The van der Waals surface area contributed by atoms with Gasteiger partial charge in [-0.3, -0.25) is 14.5 Å². The SMILES string of the molecule is CC1(C)c2ccccc2-c2cc3c4cc(-c5cc6sc(-c7cccc(N(c8cccc(-c9ccccn9)c8)c8cccc(-c9ccccn9)c8)c7)cc6s5)ccc4n(-c4nc(-c5ccccc5)nc(-c5ccccc5)n4)c3cc21. The molecule has 1 aliphatic rings. The van der Waals surface area contributed by atoms with Crippen LogP contribution in [0.4, 0.5) is 17.1 Å². The molecule has 79 heavy (non-hydrogen) atoms. The monoisotopic (exact) mass is 1050 g/mol. The zero-order valence-electron chi connectivity index (χ0n) is 43.1. The van der Waals surface area contributed by atoms with Crippen LogP contribution in [0.15, 0.2) is 249 Å². The van der Waals surface area contributed by atoms with Crippen molar-refractivity contribution in [2.45, 2.75) is 19.3 Å². The molecule has 6 aromatic heterocycles. The summed E-state index contributed by atoms with van der Waals surface area (Å²) in [4.78, 5) is 29.8. The Balaban J connectivity index is 0.839. The summed E-state index contributed by atoms with van der Waals surface area (Å²) in [6.45, 7) is 4.68. The second kappa shape index (κ2) is 18.8. The van der Waals surface area contributed by atoms with Gasteiger partial charge in [0.1, 0.15) is 0 Å². The third kappa shape index (κ3) is 8.13. The van der Waals surface area contributed by atoms with E-state index in [0.717, 1.165) is 78.1 Å². The quantitative estimate of drug-likeness (QED) is 0.136. The lowest BCUT2D eigenvalue weighted by Gasteiger charge is -2.27. The fourth-order valence-corrected chi connectivity index (χ4v) is 13.9. The van der Waals surface area contributed by atoms with Crippen molar-refractivity contribution in [3.8, 4) is 83.2 Å². The van der Waals surface area contributed by atoms with Gasteiger partial charge in [-0.2, -0.15) is 9.97 Å². The predicted molar refractivity (Wildman–Crippen MR) is 328 cm³/mol. The molecule has 6 heterocycles. The minimum absolute atomic E-state index is 0.197. The lowest BCUT2D eigenvalue weighted by Crippen LogP contribution is -2.15. The number of benzene rings is 8. The van der Waals surface area contributed by atoms with Crippen LogP contribution in [-0.2, 0) is 5.41 Å². The van der Waals surface area contributed by atoms with Crippen LogP contribution >= 0.6 is 22.7 Å². The Morgan fingerprint density at radius 3 is 1.47 bits per heavy atom. The molecule has 0 unspecified atom stereocenters. The summed E-state index contributed by atoms with van der Waals surface area (Å²) in [6.07, 6.45) is 3.69. The summed E-state index contributed by atoms with van der Waals surface area (Å²) in [6, 6.07) is 84.0. The van der Waals surface area contributed by atoms with Crippen molar-refractivity contribution in [2.75, 3.05) is 4.90 Å². The molecule has 9 heteroatoms. The Morgan fingerprint density at radius 2 is 0.886 bits per heavy atom. The molecule has 0 saturated heterocycles. The smallest absolute Gasteiger partial charge is 0.238 e. The van der Waals surface area contributed by atoms with Gasteiger partial charge in [-0.25, -0.2) is 4.98 Å². The summed E-state index contributed by atoms with van der Waals surface area (Å²) in [5.74, 6) is 1.84. The van der Waals surface area contributed by atoms with Gasteiger partial charge in [0, 0.05) is 87.1 Å². The third-order valence-electron chi connectivity index (χ3n) is 15.4. The van der Waals surface area contributed by atoms with Crippen molar-refractivity contribution in [1.82, 2.24) is 29.5 Å². The Morgan fingerprint density at radius 1 is 0.380 bits per heavy atom. The van der Waals surface area contributed by atoms with Crippen LogP contribution in [0.25, 0.3) is 114 Å².